The molecule has 1 aromatic heterocycles. The Bertz CT molecular complexity index is 607. The van der Waals surface area contributed by atoms with E-state index in [1.807, 2.05) is 38.1 Å². The molecule has 6 heteroatoms. The van der Waals surface area contributed by atoms with E-state index >= 15 is 0 Å². The fourth-order valence-electron chi connectivity index (χ4n) is 1.77. The number of hydrogen-bond donors (Lipinski definition) is 0. The summed E-state index contributed by atoms with van der Waals surface area (Å²) in [7, 11) is 1.35. The highest BCUT2D eigenvalue weighted by atomic mass is 16.5. The van der Waals surface area contributed by atoms with Crippen LogP contribution in [-0.2, 0) is 16.0 Å². The van der Waals surface area contributed by atoms with Gasteiger partial charge in [-0.15, -0.1) is 0 Å². The van der Waals surface area contributed by atoms with Crippen LogP contribution < -0.4 is 4.74 Å². The Morgan fingerprint density at radius 1 is 1.38 bits per heavy atom. The van der Waals surface area contributed by atoms with Crippen molar-refractivity contribution in [2.75, 3.05) is 7.11 Å². The average molecular weight is 290 g/mol. The summed E-state index contributed by atoms with van der Waals surface area (Å²) >= 11 is 0. The molecule has 0 bridgehead atoms. The zero-order valence-electron chi connectivity index (χ0n) is 12.3. The van der Waals surface area contributed by atoms with Crippen molar-refractivity contribution >= 4 is 5.97 Å². The van der Waals surface area contributed by atoms with E-state index in [1.54, 1.807) is 0 Å². The van der Waals surface area contributed by atoms with E-state index in [1.165, 1.54) is 7.11 Å². The summed E-state index contributed by atoms with van der Waals surface area (Å²) in [6.45, 7) is 3.93. The summed E-state index contributed by atoms with van der Waals surface area (Å²) in [4.78, 5) is 15.3. The standard InChI is InChI=1S/C15H18N2O4/c1-10(2)20-12-6-4-5-11(9-12)15-16-13(21-17-15)7-8-14(18)19-3/h4-6,9-10H,7-8H2,1-3H3. The minimum atomic E-state index is -0.304. The van der Waals surface area contributed by atoms with Gasteiger partial charge in [0.15, 0.2) is 0 Å². The molecule has 2 aromatic rings. The number of hydrogen-bond acceptors (Lipinski definition) is 6. The molecular formula is C15H18N2O4. The molecule has 21 heavy (non-hydrogen) atoms. The molecule has 6 nitrogen and oxygen atoms in total. The molecule has 0 atom stereocenters. The summed E-state index contributed by atoms with van der Waals surface area (Å²) in [6.07, 6.45) is 0.678. The second-order valence-corrected chi connectivity index (χ2v) is 4.78. The van der Waals surface area contributed by atoms with Crippen LogP contribution in [0.3, 0.4) is 0 Å². The Balaban J connectivity index is 2.08. The van der Waals surface area contributed by atoms with Crippen LogP contribution in [0.2, 0.25) is 0 Å². The van der Waals surface area contributed by atoms with Gasteiger partial charge in [-0.2, -0.15) is 4.98 Å². The van der Waals surface area contributed by atoms with Gasteiger partial charge in [-0.3, -0.25) is 4.79 Å². The lowest BCUT2D eigenvalue weighted by molar-refractivity contribution is -0.140. The smallest absolute Gasteiger partial charge is 0.306 e. The van der Waals surface area contributed by atoms with E-state index in [0.717, 1.165) is 11.3 Å². The van der Waals surface area contributed by atoms with Crippen LogP contribution in [-0.4, -0.2) is 29.3 Å². The van der Waals surface area contributed by atoms with Crippen molar-refractivity contribution in [1.29, 1.82) is 0 Å². The third kappa shape index (κ3) is 4.30. The lowest BCUT2D eigenvalue weighted by atomic mass is 10.2. The van der Waals surface area contributed by atoms with Gasteiger partial charge in [0.05, 0.1) is 19.6 Å². The fraction of sp³-hybridized carbons (Fsp3) is 0.400. The molecule has 0 spiro atoms. The maximum absolute atomic E-state index is 11.1. The Morgan fingerprint density at radius 3 is 2.90 bits per heavy atom. The van der Waals surface area contributed by atoms with Crippen molar-refractivity contribution in [3.05, 3.63) is 30.2 Å². The number of methoxy groups -OCH3 is 1. The third-order valence-corrected chi connectivity index (χ3v) is 2.70. The fourth-order valence-corrected chi connectivity index (χ4v) is 1.77. The van der Waals surface area contributed by atoms with Crippen LogP contribution in [0.4, 0.5) is 0 Å². The molecule has 0 saturated heterocycles. The zero-order chi connectivity index (χ0) is 15.2. The molecule has 0 aliphatic rings. The van der Waals surface area contributed by atoms with Gasteiger partial charge in [0.1, 0.15) is 5.75 Å². The predicted octanol–water partition coefficient (Wildman–Crippen LogP) is 2.63. The van der Waals surface area contributed by atoms with Gasteiger partial charge >= 0.3 is 5.97 Å². The average Bonchev–Trinajstić information content (AvgIpc) is 2.93. The minimum absolute atomic E-state index is 0.0983. The largest absolute Gasteiger partial charge is 0.491 e. The summed E-state index contributed by atoms with van der Waals surface area (Å²) in [6, 6.07) is 7.48. The second kappa shape index (κ2) is 6.88. The molecule has 0 saturated carbocycles. The maximum Gasteiger partial charge on any atom is 0.306 e. The van der Waals surface area contributed by atoms with E-state index in [-0.39, 0.29) is 18.5 Å². The zero-order valence-corrected chi connectivity index (χ0v) is 12.3. The number of carbonyl (C=O) groups excluding carboxylic acids is 1. The van der Waals surface area contributed by atoms with Crippen molar-refractivity contribution in [2.45, 2.75) is 32.8 Å². The molecule has 0 radical (unpaired) electrons. The van der Waals surface area contributed by atoms with Crippen molar-refractivity contribution in [1.82, 2.24) is 10.1 Å². The minimum Gasteiger partial charge on any atom is -0.491 e. The summed E-state index contributed by atoms with van der Waals surface area (Å²) in [5.74, 6) is 1.33. The lowest BCUT2D eigenvalue weighted by Crippen LogP contribution is -2.05. The molecule has 0 aliphatic carbocycles. The number of benzene rings is 1. The molecule has 0 amide bonds. The van der Waals surface area contributed by atoms with Crippen molar-refractivity contribution in [3.8, 4) is 17.1 Å². The number of aromatic nitrogens is 2. The maximum atomic E-state index is 11.1. The Hall–Kier alpha value is -2.37. The predicted molar refractivity (Wildman–Crippen MR) is 75.8 cm³/mol. The van der Waals surface area contributed by atoms with Crippen LogP contribution >= 0.6 is 0 Å². The molecule has 0 aliphatic heterocycles. The van der Waals surface area contributed by atoms with Gasteiger partial charge < -0.3 is 14.0 Å². The Morgan fingerprint density at radius 2 is 2.19 bits per heavy atom. The highest BCUT2D eigenvalue weighted by molar-refractivity contribution is 5.69. The monoisotopic (exact) mass is 290 g/mol. The van der Waals surface area contributed by atoms with E-state index in [2.05, 4.69) is 14.9 Å². The van der Waals surface area contributed by atoms with Gasteiger partial charge in [-0.05, 0) is 26.0 Å². The quantitative estimate of drug-likeness (QED) is 0.761. The first-order valence-corrected chi connectivity index (χ1v) is 6.75. The van der Waals surface area contributed by atoms with Crippen molar-refractivity contribution in [3.63, 3.8) is 0 Å². The molecule has 0 N–H and O–H groups in total. The number of rotatable bonds is 6. The number of esters is 1. The molecule has 2 rings (SSSR count). The first-order chi connectivity index (χ1) is 10.1. The first-order valence-electron chi connectivity index (χ1n) is 6.75. The van der Waals surface area contributed by atoms with Gasteiger partial charge in [0, 0.05) is 12.0 Å². The van der Waals surface area contributed by atoms with Crippen LogP contribution in [0.5, 0.6) is 5.75 Å². The normalized spacial score (nSPS) is 10.7. The lowest BCUT2D eigenvalue weighted by Gasteiger charge is -2.09. The van der Waals surface area contributed by atoms with Gasteiger partial charge in [0.2, 0.25) is 11.7 Å². The van der Waals surface area contributed by atoms with Gasteiger partial charge in [-0.25, -0.2) is 0 Å². The summed E-state index contributed by atoms with van der Waals surface area (Å²) in [5, 5.41) is 3.92. The van der Waals surface area contributed by atoms with E-state index < -0.39 is 0 Å². The molecule has 0 unspecified atom stereocenters. The van der Waals surface area contributed by atoms with E-state index in [4.69, 9.17) is 9.26 Å². The van der Waals surface area contributed by atoms with Gasteiger partial charge in [-0.1, -0.05) is 17.3 Å². The second-order valence-electron chi connectivity index (χ2n) is 4.78. The molecule has 0 fully saturated rings. The van der Waals surface area contributed by atoms with Crippen molar-refractivity contribution in [2.24, 2.45) is 0 Å². The third-order valence-electron chi connectivity index (χ3n) is 2.70. The van der Waals surface area contributed by atoms with Crippen LogP contribution in [0, 0.1) is 0 Å². The van der Waals surface area contributed by atoms with Crippen molar-refractivity contribution < 1.29 is 18.8 Å². The molecular weight excluding hydrogens is 272 g/mol. The Kier molecular flexibility index (Phi) is 4.92. The molecule has 112 valence electrons. The number of ether oxygens (including phenoxy) is 2. The summed E-state index contributed by atoms with van der Waals surface area (Å²) < 4.78 is 15.3. The first kappa shape index (κ1) is 15.0. The highest BCUT2D eigenvalue weighted by Gasteiger charge is 2.11. The van der Waals surface area contributed by atoms with Gasteiger partial charge in [0.25, 0.3) is 0 Å². The molecule has 1 aromatic carbocycles. The van der Waals surface area contributed by atoms with E-state index in [0.29, 0.717) is 18.1 Å². The number of aryl methyl sites for hydroxylation is 1. The molecule has 1 heterocycles. The SMILES string of the molecule is COC(=O)CCc1nc(-c2cccc(OC(C)C)c2)no1. The topological polar surface area (TPSA) is 74.5 Å². The summed E-state index contributed by atoms with van der Waals surface area (Å²) in [5.41, 5.74) is 0.807. The Labute approximate surface area is 123 Å². The number of nitrogens with zero attached hydrogens (tertiary/aromatic N) is 2. The van der Waals surface area contributed by atoms with E-state index in [9.17, 15) is 4.79 Å². The highest BCUT2D eigenvalue weighted by Crippen LogP contribution is 2.22. The van der Waals surface area contributed by atoms with Crippen LogP contribution in [0.25, 0.3) is 11.4 Å². The van der Waals surface area contributed by atoms with Crippen LogP contribution in [0.1, 0.15) is 26.2 Å². The number of carbonyl (C=O) groups is 1. The van der Waals surface area contributed by atoms with Crippen LogP contribution in [0.15, 0.2) is 28.8 Å².